The topological polar surface area (TPSA) is 88.5 Å². The highest BCUT2D eigenvalue weighted by atomic mass is 19.1. The van der Waals surface area contributed by atoms with Gasteiger partial charge >= 0.3 is 5.97 Å². The number of hydrogen-bond donors (Lipinski definition) is 2. The first-order valence-corrected chi connectivity index (χ1v) is 7.91. The van der Waals surface area contributed by atoms with Gasteiger partial charge in [0.25, 0.3) is 5.91 Å². The maximum Gasteiger partial charge on any atom is 0.337 e. The van der Waals surface area contributed by atoms with Crippen molar-refractivity contribution in [3.63, 3.8) is 0 Å². The van der Waals surface area contributed by atoms with Gasteiger partial charge in [0.05, 0.1) is 16.8 Å². The molecule has 1 saturated heterocycles. The summed E-state index contributed by atoms with van der Waals surface area (Å²) in [6, 6.07) is 5.93. The predicted octanol–water partition coefficient (Wildman–Crippen LogP) is 3.07. The Morgan fingerprint density at radius 2 is 1.88 bits per heavy atom. The number of aromatic nitrogens is 1. The highest BCUT2D eigenvalue weighted by Gasteiger charge is 2.18. The van der Waals surface area contributed by atoms with Gasteiger partial charge in [-0.1, -0.05) is 6.07 Å². The number of amides is 1. The summed E-state index contributed by atoms with van der Waals surface area (Å²) >= 11 is 0. The number of ether oxygens (including phenoxy) is 1. The first kappa shape index (κ1) is 17.0. The fourth-order valence-electron chi connectivity index (χ4n) is 2.79. The van der Waals surface area contributed by atoms with Crippen molar-refractivity contribution in [3.8, 4) is 0 Å². The molecule has 0 saturated carbocycles. The quantitative estimate of drug-likeness (QED) is 0.890. The minimum atomic E-state index is -1.19. The SMILES string of the molecule is O=C(O)c1cncc(C(=O)Nc2ccc(C3CCOCC3)cc2F)c1. The van der Waals surface area contributed by atoms with Gasteiger partial charge < -0.3 is 15.2 Å². The van der Waals surface area contributed by atoms with E-state index in [9.17, 15) is 14.0 Å². The second-order valence-electron chi connectivity index (χ2n) is 5.85. The van der Waals surface area contributed by atoms with Crippen molar-refractivity contribution in [2.45, 2.75) is 18.8 Å². The fraction of sp³-hybridized carbons (Fsp3) is 0.278. The Hall–Kier alpha value is -2.80. The van der Waals surface area contributed by atoms with E-state index in [0.717, 1.165) is 24.6 Å². The molecule has 2 N–H and O–H groups in total. The number of hydrogen-bond acceptors (Lipinski definition) is 4. The number of halogens is 1. The second-order valence-corrected chi connectivity index (χ2v) is 5.85. The number of rotatable bonds is 4. The summed E-state index contributed by atoms with van der Waals surface area (Å²) in [5.74, 6) is -2.08. The number of pyridine rings is 1. The van der Waals surface area contributed by atoms with E-state index in [1.165, 1.54) is 24.4 Å². The molecule has 7 heteroatoms. The number of nitrogens with one attached hydrogen (secondary N) is 1. The molecular weight excluding hydrogens is 327 g/mol. The monoisotopic (exact) mass is 344 g/mol. The number of benzene rings is 1. The lowest BCUT2D eigenvalue weighted by Gasteiger charge is -2.22. The largest absolute Gasteiger partial charge is 0.478 e. The van der Waals surface area contributed by atoms with Crippen molar-refractivity contribution in [2.24, 2.45) is 0 Å². The standard InChI is InChI=1S/C18H17FN2O4/c19-15-8-12(11-3-5-25-6-4-11)1-2-16(15)21-17(22)13-7-14(18(23)24)10-20-9-13/h1-2,7-11H,3-6H2,(H,21,22)(H,23,24). The lowest BCUT2D eigenvalue weighted by Crippen LogP contribution is -2.16. The molecule has 2 aromatic rings. The van der Waals surface area contributed by atoms with Gasteiger partial charge in [0, 0.05) is 25.6 Å². The fourth-order valence-corrected chi connectivity index (χ4v) is 2.79. The zero-order valence-electron chi connectivity index (χ0n) is 13.4. The maximum atomic E-state index is 14.3. The Morgan fingerprint density at radius 1 is 1.16 bits per heavy atom. The van der Waals surface area contributed by atoms with E-state index in [4.69, 9.17) is 9.84 Å². The van der Waals surface area contributed by atoms with E-state index in [2.05, 4.69) is 10.3 Å². The number of aromatic carboxylic acids is 1. The number of carboxylic acid groups (broad SMARTS) is 1. The molecule has 1 aromatic carbocycles. The van der Waals surface area contributed by atoms with Crippen LogP contribution in [0.2, 0.25) is 0 Å². The third-order valence-corrected chi connectivity index (χ3v) is 4.18. The van der Waals surface area contributed by atoms with Crippen LogP contribution in [0.4, 0.5) is 10.1 Å². The predicted molar refractivity (Wildman–Crippen MR) is 88.3 cm³/mol. The first-order valence-electron chi connectivity index (χ1n) is 7.91. The third-order valence-electron chi connectivity index (χ3n) is 4.18. The molecule has 1 aliphatic heterocycles. The molecule has 130 valence electrons. The zero-order chi connectivity index (χ0) is 17.8. The van der Waals surface area contributed by atoms with Gasteiger partial charge in [0.2, 0.25) is 0 Å². The Kier molecular flexibility index (Phi) is 5.04. The Morgan fingerprint density at radius 3 is 2.56 bits per heavy atom. The molecular formula is C18H17FN2O4. The molecule has 0 bridgehead atoms. The summed E-state index contributed by atoms with van der Waals surface area (Å²) in [6.45, 7) is 1.33. The Labute approximate surface area is 143 Å². The number of carbonyl (C=O) groups is 2. The molecule has 3 rings (SSSR count). The summed E-state index contributed by atoms with van der Waals surface area (Å²) in [5.41, 5.74) is 0.866. The van der Waals surface area contributed by atoms with Crippen LogP contribution >= 0.6 is 0 Å². The van der Waals surface area contributed by atoms with E-state index in [0.29, 0.717) is 13.2 Å². The van der Waals surface area contributed by atoms with Crippen LogP contribution in [-0.2, 0) is 4.74 Å². The van der Waals surface area contributed by atoms with E-state index in [-0.39, 0.29) is 22.7 Å². The van der Waals surface area contributed by atoms with Crippen LogP contribution in [0.5, 0.6) is 0 Å². The summed E-state index contributed by atoms with van der Waals surface area (Å²) < 4.78 is 19.6. The van der Waals surface area contributed by atoms with Crippen molar-refractivity contribution in [1.29, 1.82) is 0 Å². The molecule has 1 fully saturated rings. The van der Waals surface area contributed by atoms with Crippen LogP contribution < -0.4 is 5.32 Å². The molecule has 0 aliphatic carbocycles. The minimum absolute atomic E-state index is 0.0431. The molecule has 0 atom stereocenters. The molecule has 0 spiro atoms. The molecule has 1 amide bonds. The Balaban J connectivity index is 1.75. The van der Waals surface area contributed by atoms with Gasteiger partial charge in [0.15, 0.2) is 0 Å². The molecule has 0 radical (unpaired) electrons. The number of anilines is 1. The molecule has 1 aliphatic rings. The minimum Gasteiger partial charge on any atom is -0.478 e. The molecule has 1 aromatic heterocycles. The van der Waals surface area contributed by atoms with Crippen LogP contribution in [0.1, 0.15) is 45.0 Å². The van der Waals surface area contributed by atoms with Crippen molar-refractivity contribution in [3.05, 3.63) is 59.2 Å². The Bertz CT molecular complexity index is 803. The lowest BCUT2D eigenvalue weighted by molar-refractivity contribution is 0.0696. The van der Waals surface area contributed by atoms with Gasteiger partial charge in [-0.25, -0.2) is 9.18 Å². The van der Waals surface area contributed by atoms with E-state index in [1.54, 1.807) is 6.07 Å². The van der Waals surface area contributed by atoms with E-state index < -0.39 is 17.7 Å². The second kappa shape index (κ2) is 7.40. The van der Waals surface area contributed by atoms with Crippen LogP contribution in [0.15, 0.2) is 36.7 Å². The molecule has 2 heterocycles. The van der Waals surface area contributed by atoms with Crippen LogP contribution in [0.3, 0.4) is 0 Å². The summed E-state index contributed by atoms with van der Waals surface area (Å²) in [4.78, 5) is 26.9. The first-order chi connectivity index (χ1) is 12.0. The number of nitrogens with zero attached hydrogens (tertiary/aromatic N) is 1. The van der Waals surface area contributed by atoms with Crippen molar-refractivity contribution in [1.82, 2.24) is 4.98 Å². The molecule has 0 unspecified atom stereocenters. The summed E-state index contributed by atoms with van der Waals surface area (Å²) in [6.07, 6.45) is 4.07. The van der Waals surface area contributed by atoms with E-state index in [1.807, 2.05) is 0 Å². The van der Waals surface area contributed by atoms with Gasteiger partial charge in [-0.15, -0.1) is 0 Å². The third kappa shape index (κ3) is 4.00. The van der Waals surface area contributed by atoms with Crippen molar-refractivity contribution < 1.29 is 23.8 Å². The van der Waals surface area contributed by atoms with Gasteiger partial charge in [0.1, 0.15) is 5.82 Å². The summed E-state index contributed by atoms with van der Waals surface area (Å²) in [5, 5.41) is 11.4. The van der Waals surface area contributed by atoms with Gasteiger partial charge in [-0.3, -0.25) is 9.78 Å². The average molecular weight is 344 g/mol. The molecule has 25 heavy (non-hydrogen) atoms. The maximum absolute atomic E-state index is 14.3. The van der Waals surface area contributed by atoms with Crippen molar-refractivity contribution in [2.75, 3.05) is 18.5 Å². The highest BCUT2D eigenvalue weighted by molar-refractivity contribution is 6.05. The zero-order valence-corrected chi connectivity index (χ0v) is 13.4. The molecule has 6 nitrogen and oxygen atoms in total. The van der Waals surface area contributed by atoms with Gasteiger partial charge in [-0.05, 0) is 42.5 Å². The lowest BCUT2D eigenvalue weighted by atomic mass is 9.91. The summed E-state index contributed by atoms with van der Waals surface area (Å²) in [7, 11) is 0. The van der Waals surface area contributed by atoms with Gasteiger partial charge in [-0.2, -0.15) is 0 Å². The van der Waals surface area contributed by atoms with Crippen LogP contribution in [0.25, 0.3) is 0 Å². The normalized spacial score (nSPS) is 14.9. The number of carbonyl (C=O) groups excluding carboxylic acids is 1. The highest BCUT2D eigenvalue weighted by Crippen LogP contribution is 2.29. The van der Waals surface area contributed by atoms with E-state index >= 15 is 0 Å². The average Bonchev–Trinajstić information content (AvgIpc) is 2.64. The number of carboxylic acids is 1. The smallest absolute Gasteiger partial charge is 0.337 e. The van der Waals surface area contributed by atoms with Crippen LogP contribution in [-0.4, -0.2) is 35.2 Å². The van der Waals surface area contributed by atoms with Crippen LogP contribution in [0, 0.1) is 5.82 Å². The van der Waals surface area contributed by atoms with Crippen molar-refractivity contribution >= 4 is 17.6 Å².